The molecule has 1 amide bonds. The number of likely N-dealkylation sites (tertiary alicyclic amines) is 1. The van der Waals surface area contributed by atoms with E-state index in [1.165, 1.54) is 11.0 Å². The van der Waals surface area contributed by atoms with E-state index in [4.69, 9.17) is 5.14 Å². The van der Waals surface area contributed by atoms with Gasteiger partial charge in [0.1, 0.15) is 0 Å². The van der Waals surface area contributed by atoms with Crippen LogP contribution in [0.1, 0.15) is 45.1 Å². The van der Waals surface area contributed by atoms with Gasteiger partial charge in [0.05, 0.1) is 4.90 Å². The van der Waals surface area contributed by atoms with Crippen LogP contribution in [0.5, 0.6) is 0 Å². The summed E-state index contributed by atoms with van der Waals surface area (Å²) in [6.07, 6.45) is 3.76. The molecule has 0 radical (unpaired) electrons. The highest BCUT2D eigenvalue weighted by molar-refractivity contribution is 7.89. The molecule has 1 atom stereocenters. The normalized spacial score (nSPS) is 20.3. The number of amides is 1. The molecule has 0 saturated carbocycles. The van der Waals surface area contributed by atoms with Crippen LogP contribution in [0.2, 0.25) is 0 Å². The number of primary sulfonamides is 1. The van der Waals surface area contributed by atoms with Gasteiger partial charge in [-0.2, -0.15) is 0 Å². The molecule has 1 heterocycles. The Labute approximate surface area is 143 Å². The monoisotopic (exact) mass is 354 g/mol. The summed E-state index contributed by atoms with van der Waals surface area (Å²) < 4.78 is 22.7. The molecule has 0 spiro atoms. The molecule has 3 N–H and O–H groups in total. The van der Waals surface area contributed by atoms with Gasteiger partial charge in [0.25, 0.3) is 0 Å². The molecule has 2 rings (SSSR count). The second kappa shape index (κ2) is 7.11. The van der Waals surface area contributed by atoms with Gasteiger partial charge in [0, 0.05) is 12.1 Å². The number of carboxylic acid groups (broad SMARTS) is 1. The number of nitrogens with two attached hydrogens (primary N) is 1. The molecule has 0 aliphatic carbocycles. The van der Waals surface area contributed by atoms with E-state index in [1.807, 2.05) is 19.9 Å². The van der Waals surface area contributed by atoms with E-state index < -0.39 is 16.1 Å². The lowest BCUT2D eigenvalue weighted by molar-refractivity contribution is 0.117. The first-order valence-corrected chi connectivity index (χ1v) is 9.76. The Morgan fingerprint density at radius 3 is 2.67 bits per heavy atom. The highest BCUT2D eigenvalue weighted by Gasteiger charge is 2.40. The van der Waals surface area contributed by atoms with Gasteiger partial charge >= 0.3 is 6.09 Å². The van der Waals surface area contributed by atoms with Crippen LogP contribution in [-0.4, -0.2) is 36.6 Å². The lowest BCUT2D eigenvalue weighted by atomic mass is 9.92. The van der Waals surface area contributed by atoms with Crippen molar-refractivity contribution in [2.75, 3.05) is 6.54 Å². The summed E-state index contributed by atoms with van der Waals surface area (Å²) in [5.41, 5.74) is 0.667. The van der Waals surface area contributed by atoms with Gasteiger partial charge in [-0.3, -0.25) is 0 Å². The fourth-order valence-corrected chi connectivity index (χ4v) is 4.14. The Balaban J connectivity index is 1.81. The average Bonchev–Trinajstić information content (AvgIpc) is 2.78. The smallest absolute Gasteiger partial charge is 0.407 e. The Morgan fingerprint density at radius 2 is 2.08 bits per heavy atom. The SMILES string of the molecule is CC1(C)CC(CCCCc2cccc(S(N)(=O)=O)c2)CN1C(=O)O. The van der Waals surface area contributed by atoms with Gasteiger partial charge in [-0.15, -0.1) is 0 Å². The van der Waals surface area contributed by atoms with E-state index in [9.17, 15) is 18.3 Å². The first-order chi connectivity index (χ1) is 11.1. The minimum absolute atomic E-state index is 0.148. The molecule has 0 bridgehead atoms. The zero-order chi connectivity index (χ0) is 18.0. The van der Waals surface area contributed by atoms with Crippen LogP contribution >= 0.6 is 0 Å². The molecular formula is C17H26N2O4S. The van der Waals surface area contributed by atoms with Crippen LogP contribution < -0.4 is 5.14 Å². The number of hydrogen-bond acceptors (Lipinski definition) is 3. The van der Waals surface area contributed by atoms with Crippen molar-refractivity contribution in [2.45, 2.75) is 56.4 Å². The Kier molecular flexibility index (Phi) is 5.55. The largest absolute Gasteiger partial charge is 0.465 e. The van der Waals surface area contributed by atoms with Gasteiger partial charge in [-0.25, -0.2) is 18.4 Å². The first kappa shape index (κ1) is 18.7. The summed E-state index contributed by atoms with van der Waals surface area (Å²) in [7, 11) is -3.66. The molecule has 1 aromatic rings. The predicted octanol–water partition coefficient (Wildman–Crippen LogP) is 2.83. The van der Waals surface area contributed by atoms with Crippen molar-refractivity contribution < 1.29 is 18.3 Å². The zero-order valence-electron chi connectivity index (χ0n) is 14.2. The Bertz CT molecular complexity index is 700. The van der Waals surface area contributed by atoms with Gasteiger partial charge < -0.3 is 10.0 Å². The van der Waals surface area contributed by atoms with Crippen molar-refractivity contribution in [3.8, 4) is 0 Å². The van der Waals surface area contributed by atoms with E-state index in [0.717, 1.165) is 37.7 Å². The van der Waals surface area contributed by atoms with Crippen LogP contribution in [0.4, 0.5) is 4.79 Å². The quantitative estimate of drug-likeness (QED) is 0.767. The molecule has 7 heteroatoms. The molecule has 6 nitrogen and oxygen atoms in total. The molecule has 24 heavy (non-hydrogen) atoms. The van der Waals surface area contributed by atoms with Crippen molar-refractivity contribution in [2.24, 2.45) is 11.1 Å². The van der Waals surface area contributed by atoms with E-state index in [2.05, 4.69) is 0 Å². The molecule has 134 valence electrons. The molecule has 1 aliphatic rings. The molecule has 1 aliphatic heterocycles. The number of rotatable bonds is 6. The van der Waals surface area contributed by atoms with Crippen LogP contribution in [0, 0.1) is 5.92 Å². The number of aryl methyl sites for hydroxylation is 1. The summed E-state index contributed by atoms with van der Waals surface area (Å²) in [4.78, 5) is 12.9. The summed E-state index contributed by atoms with van der Waals surface area (Å²) >= 11 is 0. The minimum Gasteiger partial charge on any atom is -0.465 e. The molecule has 1 fully saturated rings. The third-order valence-electron chi connectivity index (χ3n) is 4.75. The number of benzene rings is 1. The van der Waals surface area contributed by atoms with E-state index in [-0.39, 0.29) is 10.4 Å². The summed E-state index contributed by atoms with van der Waals surface area (Å²) in [5, 5.41) is 14.4. The maximum absolute atomic E-state index is 11.4. The number of nitrogens with zero attached hydrogens (tertiary/aromatic N) is 1. The maximum atomic E-state index is 11.4. The van der Waals surface area contributed by atoms with Crippen molar-refractivity contribution in [3.05, 3.63) is 29.8 Å². The summed E-state index contributed by atoms with van der Waals surface area (Å²) in [6, 6.07) is 6.74. The van der Waals surface area contributed by atoms with Crippen LogP contribution in [-0.2, 0) is 16.4 Å². The number of sulfonamides is 1. The van der Waals surface area contributed by atoms with Gasteiger partial charge in [0.15, 0.2) is 0 Å². The van der Waals surface area contributed by atoms with Crippen molar-refractivity contribution in [1.29, 1.82) is 0 Å². The molecular weight excluding hydrogens is 328 g/mol. The van der Waals surface area contributed by atoms with Crippen LogP contribution in [0.3, 0.4) is 0 Å². The molecule has 1 saturated heterocycles. The second-order valence-corrected chi connectivity index (χ2v) is 8.78. The topological polar surface area (TPSA) is 101 Å². The summed E-state index contributed by atoms with van der Waals surface area (Å²) in [5.74, 6) is 0.395. The van der Waals surface area contributed by atoms with Crippen molar-refractivity contribution in [3.63, 3.8) is 0 Å². The van der Waals surface area contributed by atoms with E-state index in [0.29, 0.717) is 12.5 Å². The molecule has 1 unspecified atom stereocenters. The second-order valence-electron chi connectivity index (χ2n) is 7.21. The van der Waals surface area contributed by atoms with Gasteiger partial charge in [0.2, 0.25) is 10.0 Å². The fraction of sp³-hybridized carbons (Fsp3) is 0.588. The maximum Gasteiger partial charge on any atom is 0.407 e. The van der Waals surface area contributed by atoms with E-state index >= 15 is 0 Å². The first-order valence-electron chi connectivity index (χ1n) is 8.22. The lowest BCUT2D eigenvalue weighted by Crippen LogP contribution is -2.41. The minimum atomic E-state index is -3.66. The fourth-order valence-electron chi connectivity index (χ4n) is 3.56. The van der Waals surface area contributed by atoms with Crippen molar-refractivity contribution in [1.82, 2.24) is 4.90 Å². The Hall–Kier alpha value is -1.60. The molecule has 0 aromatic heterocycles. The Morgan fingerprint density at radius 1 is 1.38 bits per heavy atom. The lowest BCUT2D eigenvalue weighted by Gasteiger charge is -2.28. The highest BCUT2D eigenvalue weighted by Crippen LogP contribution is 2.35. The summed E-state index contributed by atoms with van der Waals surface area (Å²) in [6.45, 7) is 4.54. The number of carbonyl (C=O) groups is 1. The van der Waals surface area contributed by atoms with E-state index in [1.54, 1.807) is 12.1 Å². The average molecular weight is 354 g/mol. The molecule has 1 aromatic carbocycles. The van der Waals surface area contributed by atoms with Crippen LogP contribution in [0.15, 0.2) is 29.2 Å². The third kappa shape index (κ3) is 4.70. The highest BCUT2D eigenvalue weighted by atomic mass is 32.2. The zero-order valence-corrected chi connectivity index (χ0v) is 15.1. The van der Waals surface area contributed by atoms with Gasteiger partial charge in [-0.1, -0.05) is 18.6 Å². The predicted molar refractivity (Wildman–Crippen MR) is 92.3 cm³/mol. The number of hydrogen-bond donors (Lipinski definition) is 2. The van der Waals surface area contributed by atoms with Crippen molar-refractivity contribution >= 4 is 16.1 Å². The third-order valence-corrected chi connectivity index (χ3v) is 5.66. The van der Waals surface area contributed by atoms with Gasteiger partial charge in [-0.05, 0) is 63.1 Å². The number of unbranched alkanes of at least 4 members (excludes halogenated alkanes) is 1. The van der Waals surface area contributed by atoms with Crippen LogP contribution in [0.25, 0.3) is 0 Å². The standard InChI is InChI=1S/C17H26N2O4S/c1-17(2)11-14(12-19(17)16(20)21)7-4-3-6-13-8-5-9-15(10-13)24(18,22)23/h5,8-10,14H,3-4,6-7,11-12H2,1-2H3,(H,20,21)(H2,18,22,23).